The average molecular weight is 198 g/mol. The van der Waals surface area contributed by atoms with Gasteiger partial charge >= 0.3 is 5.97 Å². The van der Waals surface area contributed by atoms with E-state index < -0.39 is 0 Å². The van der Waals surface area contributed by atoms with Crippen molar-refractivity contribution in [2.75, 3.05) is 0 Å². The Morgan fingerprint density at radius 2 is 2.00 bits per heavy atom. The van der Waals surface area contributed by atoms with Crippen LogP contribution in [0.2, 0.25) is 0 Å². The quantitative estimate of drug-likeness (QED) is 0.396. The molecule has 0 spiro atoms. The number of esters is 1. The second-order valence-electron chi connectivity index (χ2n) is 3.31. The predicted octanol–water partition coefficient (Wildman–Crippen LogP) is 2.42. The molecule has 0 unspecified atom stereocenters. The molecule has 0 saturated heterocycles. The Labute approximate surface area is 84.0 Å². The van der Waals surface area contributed by atoms with Crippen LogP contribution in [0.25, 0.3) is 0 Å². The second-order valence-corrected chi connectivity index (χ2v) is 3.54. The van der Waals surface area contributed by atoms with E-state index in [1.165, 1.54) is 11.8 Å². The molecule has 0 aromatic rings. The summed E-state index contributed by atoms with van der Waals surface area (Å²) in [5.74, 6) is -0.359. The molecular formula is C10H14O2S. The lowest BCUT2D eigenvalue weighted by Gasteiger charge is -2.21. The lowest BCUT2D eigenvalue weighted by molar-refractivity contribution is -0.144. The van der Waals surface area contributed by atoms with Crippen LogP contribution in [-0.2, 0) is 9.53 Å². The van der Waals surface area contributed by atoms with Crippen molar-refractivity contribution in [3.63, 3.8) is 0 Å². The Morgan fingerprint density at radius 1 is 1.38 bits per heavy atom. The van der Waals surface area contributed by atoms with E-state index in [2.05, 4.69) is 18.8 Å². The van der Waals surface area contributed by atoms with E-state index in [0.717, 1.165) is 25.7 Å². The number of carbonyl (C=O) groups excluding carboxylic acids is 1. The van der Waals surface area contributed by atoms with Crippen LogP contribution < -0.4 is 0 Å². The minimum atomic E-state index is -0.359. The molecule has 0 bridgehead atoms. The SMILES string of the molecule is C=C(C=S)C(=O)OC1CCCCC1. The van der Waals surface area contributed by atoms with E-state index in [4.69, 9.17) is 4.74 Å². The molecule has 0 atom stereocenters. The molecule has 0 aliphatic heterocycles. The van der Waals surface area contributed by atoms with Crippen molar-refractivity contribution in [2.24, 2.45) is 0 Å². The largest absolute Gasteiger partial charge is 0.459 e. The predicted molar refractivity (Wildman–Crippen MR) is 55.8 cm³/mol. The monoisotopic (exact) mass is 198 g/mol. The van der Waals surface area contributed by atoms with E-state index in [1.807, 2.05) is 0 Å². The number of hydrogen-bond acceptors (Lipinski definition) is 3. The van der Waals surface area contributed by atoms with Crippen LogP contribution in [0.1, 0.15) is 32.1 Å². The fraction of sp³-hybridized carbons (Fsp3) is 0.600. The summed E-state index contributed by atoms with van der Waals surface area (Å²) in [5.41, 5.74) is 0.278. The van der Waals surface area contributed by atoms with Crippen LogP contribution >= 0.6 is 12.2 Å². The van der Waals surface area contributed by atoms with E-state index in [9.17, 15) is 4.79 Å². The summed E-state index contributed by atoms with van der Waals surface area (Å²) in [4.78, 5) is 11.2. The molecule has 1 saturated carbocycles. The zero-order valence-electron chi connectivity index (χ0n) is 7.62. The number of thiocarbonyl (C=S) groups is 1. The summed E-state index contributed by atoms with van der Waals surface area (Å²) < 4.78 is 5.21. The van der Waals surface area contributed by atoms with Crippen molar-refractivity contribution in [3.05, 3.63) is 12.2 Å². The second kappa shape index (κ2) is 5.12. The Balaban J connectivity index is 2.34. The molecule has 1 rings (SSSR count). The Hall–Kier alpha value is -0.700. The summed E-state index contributed by atoms with van der Waals surface area (Å²) >= 11 is 4.59. The maximum Gasteiger partial charge on any atom is 0.338 e. The molecule has 72 valence electrons. The maximum atomic E-state index is 11.2. The highest BCUT2D eigenvalue weighted by Crippen LogP contribution is 2.20. The van der Waals surface area contributed by atoms with Crippen molar-refractivity contribution in [1.82, 2.24) is 0 Å². The first-order valence-corrected chi connectivity index (χ1v) is 5.06. The van der Waals surface area contributed by atoms with Gasteiger partial charge in [0.05, 0.1) is 5.57 Å². The molecule has 0 aromatic heterocycles. The highest BCUT2D eigenvalue weighted by atomic mass is 32.1. The third kappa shape index (κ3) is 3.27. The molecule has 13 heavy (non-hydrogen) atoms. The number of rotatable bonds is 3. The molecule has 3 heteroatoms. The van der Waals surface area contributed by atoms with Crippen molar-refractivity contribution >= 4 is 23.6 Å². The molecular weight excluding hydrogens is 184 g/mol. The highest BCUT2D eigenvalue weighted by Gasteiger charge is 2.18. The van der Waals surface area contributed by atoms with Gasteiger partial charge in [-0.2, -0.15) is 0 Å². The third-order valence-corrected chi connectivity index (χ3v) is 2.51. The first kappa shape index (κ1) is 10.4. The summed E-state index contributed by atoms with van der Waals surface area (Å²) in [5, 5.41) is 1.27. The molecule has 1 fully saturated rings. The lowest BCUT2D eigenvalue weighted by Crippen LogP contribution is -2.21. The summed E-state index contributed by atoms with van der Waals surface area (Å²) in [6, 6.07) is 0. The van der Waals surface area contributed by atoms with Gasteiger partial charge in [-0.3, -0.25) is 0 Å². The normalized spacial score (nSPS) is 17.8. The molecule has 2 nitrogen and oxygen atoms in total. The van der Waals surface area contributed by atoms with Crippen LogP contribution in [0.15, 0.2) is 12.2 Å². The molecule has 0 radical (unpaired) electrons. The van der Waals surface area contributed by atoms with Crippen molar-refractivity contribution < 1.29 is 9.53 Å². The molecule has 0 aromatic carbocycles. The Kier molecular flexibility index (Phi) is 4.09. The van der Waals surface area contributed by atoms with Gasteiger partial charge in [-0.15, -0.1) is 0 Å². The van der Waals surface area contributed by atoms with E-state index in [0.29, 0.717) is 0 Å². The Bertz CT molecular complexity index is 217. The first-order valence-electron chi connectivity index (χ1n) is 4.59. The van der Waals surface area contributed by atoms with Crippen LogP contribution in [0.5, 0.6) is 0 Å². The van der Waals surface area contributed by atoms with Crippen LogP contribution in [-0.4, -0.2) is 17.4 Å². The van der Waals surface area contributed by atoms with Crippen molar-refractivity contribution in [3.8, 4) is 0 Å². The molecule has 0 amide bonds. The van der Waals surface area contributed by atoms with Gasteiger partial charge in [0.2, 0.25) is 0 Å². The van der Waals surface area contributed by atoms with Gasteiger partial charge in [0, 0.05) is 5.37 Å². The topological polar surface area (TPSA) is 26.3 Å². The summed E-state index contributed by atoms with van der Waals surface area (Å²) in [7, 11) is 0. The van der Waals surface area contributed by atoms with Crippen LogP contribution in [0.3, 0.4) is 0 Å². The molecule has 0 heterocycles. The summed E-state index contributed by atoms with van der Waals surface area (Å²) in [6.07, 6.45) is 5.62. The number of ether oxygens (including phenoxy) is 1. The summed E-state index contributed by atoms with van der Waals surface area (Å²) in [6.45, 7) is 3.50. The van der Waals surface area contributed by atoms with Gasteiger partial charge in [-0.1, -0.05) is 25.2 Å². The standard InChI is InChI=1S/C10H14O2S/c1-8(7-13)10(11)12-9-5-3-2-4-6-9/h7,9H,1-6H2. The van der Waals surface area contributed by atoms with Gasteiger partial charge in [0.15, 0.2) is 0 Å². The number of hydrogen-bond donors (Lipinski definition) is 0. The maximum absolute atomic E-state index is 11.2. The lowest BCUT2D eigenvalue weighted by atomic mass is 9.98. The van der Waals surface area contributed by atoms with Crippen molar-refractivity contribution in [2.45, 2.75) is 38.2 Å². The van der Waals surface area contributed by atoms with E-state index in [-0.39, 0.29) is 17.6 Å². The molecule has 0 N–H and O–H groups in total. The zero-order valence-corrected chi connectivity index (χ0v) is 8.44. The van der Waals surface area contributed by atoms with Gasteiger partial charge in [-0.05, 0) is 25.7 Å². The van der Waals surface area contributed by atoms with Crippen LogP contribution in [0, 0.1) is 0 Å². The van der Waals surface area contributed by atoms with Crippen LogP contribution in [0.4, 0.5) is 0 Å². The zero-order chi connectivity index (χ0) is 9.68. The van der Waals surface area contributed by atoms with Gasteiger partial charge < -0.3 is 4.74 Å². The fourth-order valence-electron chi connectivity index (χ4n) is 1.46. The van der Waals surface area contributed by atoms with Gasteiger partial charge in [-0.25, -0.2) is 4.79 Å². The number of carbonyl (C=O) groups is 1. The molecule has 1 aliphatic carbocycles. The average Bonchev–Trinajstić information content (AvgIpc) is 2.18. The fourth-order valence-corrected chi connectivity index (χ4v) is 1.55. The first-order chi connectivity index (χ1) is 6.24. The smallest absolute Gasteiger partial charge is 0.338 e. The molecule has 1 aliphatic rings. The van der Waals surface area contributed by atoms with Crippen molar-refractivity contribution in [1.29, 1.82) is 0 Å². The third-order valence-electron chi connectivity index (χ3n) is 2.23. The van der Waals surface area contributed by atoms with Gasteiger partial charge in [0.25, 0.3) is 0 Å². The minimum Gasteiger partial charge on any atom is -0.459 e. The van der Waals surface area contributed by atoms with E-state index >= 15 is 0 Å². The Morgan fingerprint density at radius 3 is 2.54 bits per heavy atom. The highest BCUT2D eigenvalue weighted by molar-refractivity contribution is 7.79. The minimum absolute atomic E-state index is 0.0907. The van der Waals surface area contributed by atoms with Gasteiger partial charge in [0.1, 0.15) is 6.10 Å². The van der Waals surface area contributed by atoms with E-state index in [1.54, 1.807) is 0 Å².